The maximum absolute atomic E-state index is 13.1. The van der Waals surface area contributed by atoms with Crippen LogP contribution < -0.4 is 20.9 Å². The molecule has 2 aliphatic heterocycles. The first kappa shape index (κ1) is 21.8. The maximum Gasteiger partial charge on any atom is 0.278 e. The lowest BCUT2D eigenvalue weighted by molar-refractivity contribution is 0.138. The molecule has 4 aromatic rings. The van der Waals surface area contributed by atoms with Crippen molar-refractivity contribution in [1.82, 2.24) is 29.6 Å². The number of benzene rings is 1. The molecule has 35 heavy (non-hydrogen) atoms. The van der Waals surface area contributed by atoms with Crippen LogP contribution in [0.1, 0.15) is 24.5 Å². The molecule has 1 saturated heterocycles. The number of rotatable bonds is 6. The maximum atomic E-state index is 13.1. The molecule has 0 aliphatic carbocycles. The summed E-state index contributed by atoms with van der Waals surface area (Å²) in [5.41, 5.74) is 4.67. The number of nitrogens with zero attached hydrogens (tertiary/aromatic N) is 5. The molecule has 0 saturated carbocycles. The summed E-state index contributed by atoms with van der Waals surface area (Å²) in [7, 11) is 0. The minimum absolute atomic E-state index is 0.0162. The van der Waals surface area contributed by atoms with E-state index in [0.29, 0.717) is 42.6 Å². The molecule has 6 rings (SSSR count). The zero-order valence-electron chi connectivity index (χ0n) is 19.5. The Morgan fingerprint density at radius 1 is 1.23 bits per heavy atom. The van der Waals surface area contributed by atoms with Gasteiger partial charge in [0.05, 0.1) is 18.9 Å². The molecule has 1 atom stereocenters. The normalized spacial score (nSPS) is 17.5. The molecule has 5 heterocycles. The van der Waals surface area contributed by atoms with Crippen LogP contribution in [0.25, 0.3) is 16.7 Å². The first-order valence-corrected chi connectivity index (χ1v) is 12.0. The smallest absolute Gasteiger partial charge is 0.278 e. The minimum atomic E-state index is -0.141. The number of aromatic nitrogens is 5. The Bertz CT molecular complexity index is 1440. The van der Waals surface area contributed by atoms with Gasteiger partial charge in [0.25, 0.3) is 5.56 Å². The van der Waals surface area contributed by atoms with Gasteiger partial charge in [-0.15, -0.1) is 0 Å². The lowest BCUT2D eigenvalue weighted by atomic mass is 10.0. The third kappa shape index (κ3) is 4.15. The molecule has 0 amide bonds. The quantitative estimate of drug-likeness (QED) is 0.440. The summed E-state index contributed by atoms with van der Waals surface area (Å²) in [6.45, 7) is 5.50. The molecule has 10 heteroatoms. The van der Waals surface area contributed by atoms with Gasteiger partial charge >= 0.3 is 0 Å². The molecule has 1 fully saturated rings. The summed E-state index contributed by atoms with van der Waals surface area (Å²) in [4.78, 5) is 26.6. The average Bonchev–Trinajstić information content (AvgIpc) is 3.49. The number of fused-ring (bicyclic) bond motifs is 2. The van der Waals surface area contributed by atoms with E-state index in [1.54, 1.807) is 21.8 Å². The Balaban J connectivity index is 1.38. The van der Waals surface area contributed by atoms with Gasteiger partial charge < -0.3 is 20.1 Å². The highest BCUT2D eigenvalue weighted by atomic mass is 16.5. The van der Waals surface area contributed by atoms with E-state index in [4.69, 9.17) is 14.5 Å². The van der Waals surface area contributed by atoms with Crippen molar-refractivity contribution < 1.29 is 9.47 Å². The van der Waals surface area contributed by atoms with Gasteiger partial charge in [0.1, 0.15) is 11.5 Å². The van der Waals surface area contributed by atoms with E-state index < -0.39 is 0 Å². The van der Waals surface area contributed by atoms with Crippen molar-refractivity contribution in [1.29, 1.82) is 0 Å². The molecule has 1 unspecified atom stereocenters. The van der Waals surface area contributed by atoms with Crippen LogP contribution in [0.2, 0.25) is 0 Å². The topological polar surface area (TPSA) is 108 Å². The summed E-state index contributed by atoms with van der Waals surface area (Å²) in [6.07, 6.45) is 5.11. The second-order valence-electron chi connectivity index (χ2n) is 8.75. The fraction of sp³-hybridized carbons (Fsp3) is 0.360. The molecule has 2 N–H and O–H groups in total. The first-order chi connectivity index (χ1) is 17.2. The average molecular weight is 474 g/mol. The molecule has 10 nitrogen and oxygen atoms in total. The van der Waals surface area contributed by atoms with Crippen LogP contribution in [-0.2, 0) is 24.2 Å². The molecular weight excluding hydrogens is 446 g/mol. The van der Waals surface area contributed by atoms with Crippen LogP contribution in [0, 0.1) is 0 Å². The Kier molecular flexibility index (Phi) is 5.67. The van der Waals surface area contributed by atoms with E-state index >= 15 is 0 Å². The first-order valence-electron chi connectivity index (χ1n) is 12.0. The van der Waals surface area contributed by atoms with Gasteiger partial charge in [0, 0.05) is 43.7 Å². The third-order valence-electron chi connectivity index (χ3n) is 6.46. The summed E-state index contributed by atoms with van der Waals surface area (Å²) >= 11 is 0. The highest BCUT2D eigenvalue weighted by molar-refractivity contribution is 5.77. The van der Waals surface area contributed by atoms with E-state index in [1.165, 1.54) is 11.1 Å². The van der Waals surface area contributed by atoms with Crippen molar-refractivity contribution in [2.24, 2.45) is 0 Å². The van der Waals surface area contributed by atoms with Crippen molar-refractivity contribution in [3.05, 3.63) is 64.2 Å². The summed E-state index contributed by atoms with van der Waals surface area (Å²) < 4.78 is 14.8. The largest absolute Gasteiger partial charge is 0.472 e. The van der Waals surface area contributed by atoms with E-state index in [-0.39, 0.29) is 11.7 Å². The molecule has 0 bridgehead atoms. The lowest BCUT2D eigenvalue weighted by Crippen LogP contribution is -2.23. The number of hydrogen-bond donors (Lipinski definition) is 2. The molecule has 1 aromatic carbocycles. The lowest BCUT2D eigenvalue weighted by Gasteiger charge is -2.18. The van der Waals surface area contributed by atoms with Crippen molar-refractivity contribution in [3.63, 3.8) is 0 Å². The van der Waals surface area contributed by atoms with Gasteiger partial charge in [-0.25, -0.2) is 19.3 Å². The molecule has 3 aromatic heterocycles. The van der Waals surface area contributed by atoms with Crippen LogP contribution in [0.3, 0.4) is 0 Å². The van der Waals surface area contributed by atoms with Crippen LogP contribution >= 0.6 is 0 Å². The van der Waals surface area contributed by atoms with E-state index in [9.17, 15) is 4.79 Å². The van der Waals surface area contributed by atoms with Crippen LogP contribution in [0.4, 0.5) is 11.6 Å². The molecule has 180 valence electrons. The van der Waals surface area contributed by atoms with Crippen molar-refractivity contribution in [2.45, 2.75) is 39.0 Å². The SMILES string of the molecule is CCn1c(=O)c2cnc(Nc3ccc4c(c3)CNCC4)nc2n1-c1ccnc(OC2CCOC2)c1. The number of nitrogens with one attached hydrogen (secondary N) is 2. The van der Waals surface area contributed by atoms with Gasteiger partial charge in [-0.1, -0.05) is 6.07 Å². The van der Waals surface area contributed by atoms with Gasteiger partial charge in [-0.3, -0.25) is 4.79 Å². The Morgan fingerprint density at radius 2 is 2.17 bits per heavy atom. The second kappa shape index (κ2) is 9.12. The predicted molar refractivity (Wildman–Crippen MR) is 132 cm³/mol. The third-order valence-corrected chi connectivity index (χ3v) is 6.46. The van der Waals surface area contributed by atoms with Crippen molar-refractivity contribution >= 4 is 22.7 Å². The van der Waals surface area contributed by atoms with Gasteiger partial charge in [0.2, 0.25) is 11.8 Å². The molecule has 2 aliphatic rings. The zero-order chi connectivity index (χ0) is 23.8. The second-order valence-corrected chi connectivity index (χ2v) is 8.75. The number of anilines is 2. The standard InChI is InChI=1S/C25H27N7O3/c1-2-31-24(33)21-14-28-25(29-18-4-3-16-5-8-26-13-17(16)11-18)30-23(21)32(31)19-6-9-27-22(12-19)35-20-7-10-34-15-20/h3-4,6,9,11-12,14,20,26H,2,5,7-8,10,13,15H2,1H3,(H,28,29,30). The summed E-state index contributed by atoms with van der Waals surface area (Å²) in [5.74, 6) is 0.918. The van der Waals surface area contributed by atoms with E-state index in [2.05, 4.69) is 32.7 Å². The van der Waals surface area contributed by atoms with Crippen LogP contribution in [-0.4, -0.2) is 50.2 Å². The molecule has 0 radical (unpaired) electrons. The van der Waals surface area contributed by atoms with Crippen molar-refractivity contribution in [3.8, 4) is 11.6 Å². The Hall–Kier alpha value is -3.76. The Labute approximate surface area is 201 Å². The van der Waals surface area contributed by atoms with Crippen molar-refractivity contribution in [2.75, 3.05) is 25.1 Å². The highest BCUT2D eigenvalue weighted by Gasteiger charge is 2.20. The monoisotopic (exact) mass is 473 g/mol. The van der Waals surface area contributed by atoms with Gasteiger partial charge in [-0.05, 0) is 49.2 Å². The van der Waals surface area contributed by atoms with E-state index in [0.717, 1.165) is 37.3 Å². The fourth-order valence-corrected chi connectivity index (χ4v) is 4.70. The highest BCUT2D eigenvalue weighted by Crippen LogP contribution is 2.24. The van der Waals surface area contributed by atoms with Gasteiger partial charge in [-0.2, -0.15) is 4.98 Å². The molecular formula is C25H27N7O3. The summed E-state index contributed by atoms with van der Waals surface area (Å²) in [6, 6.07) is 9.98. The minimum Gasteiger partial charge on any atom is -0.472 e. The predicted octanol–water partition coefficient (Wildman–Crippen LogP) is 2.55. The van der Waals surface area contributed by atoms with E-state index in [1.807, 2.05) is 25.1 Å². The van der Waals surface area contributed by atoms with Crippen LogP contribution in [0.15, 0.2) is 47.5 Å². The number of ether oxygens (including phenoxy) is 2. The fourth-order valence-electron chi connectivity index (χ4n) is 4.70. The zero-order valence-corrected chi connectivity index (χ0v) is 19.5. The number of hydrogen-bond acceptors (Lipinski definition) is 8. The van der Waals surface area contributed by atoms with Crippen LogP contribution in [0.5, 0.6) is 5.88 Å². The van der Waals surface area contributed by atoms with Gasteiger partial charge in [0.15, 0.2) is 5.65 Å². The Morgan fingerprint density at radius 3 is 3.03 bits per heavy atom. The molecule has 0 spiro atoms. The number of pyridine rings is 1. The summed E-state index contributed by atoms with van der Waals surface area (Å²) in [5, 5.41) is 7.16.